The maximum Gasteiger partial charge on any atom is 0.278 e. The Balaban J connectivity index is 1.99. The van der Waals surface area contributed by atoms with Crippen LogP contribution in [0.4, 0.5) is 5.13 Å². The molecule has 0 aliphatic rings. The molecule has 0 spiro atoms. The number of aromatic nitrogens is 3. The van der Waals surface area contributed by atoms with Crippen molar-refractivity contribution < 1.29 is 4.79 Å². The Labute approximate surface area is 164 Å². The Morgan fingerprint density at radius 2 is 1.89 bits per heavy atom. The summed E-state index contributed by atoms with van der Waals surface area (Å²) >= 11 is 1.57. The van der Waals surface area contributed by atoms with E-state index >= 15 is 0 Å². The summed E-state index contributed by atoms with van der Waals surface area (Å²) in [5, 5.41) is 4.90. The summed E-state index contributed by atoms with van der Waals surface area (Å²) in [6.45, 7) is 11.8. The normalized spacial score (nSPS) is 11.5. The number of fused-ring (bicyclic) bond motifs is 1. The number of hydrogen-bond acceptors (Lipinski definition) is 5. The molecule has 0 atom stereocenters. The maximum absolute atomic E-state index is 13.3. The molecule has 0 N–H and O–H groups in total. The number of likely N-dealkylation sites (N-methyl/N-ethyl adjacent to an activating group) is 1. The molecule has 2 heterocycles. The summed E-state index contributed by atoms with van der Waals surface area (Å²) < 4.78 is 2.73. The van der Waals surface area contributed by atoms with Crippen LogP contribution in [0.15, 0.2) is 24.4 Å². The number of hydrogen-bond donors (Lipinski definition) is 0. The van der Waals surface area contributed by atoms with Crippen molar-refractivity contribution in [1.29, 1.82) is 0 Å². The van der Waals surface area contributed by atoms with Crippen molar-refractivity contribution in [2.24, 2.45) is 7.05 Å². The van der Waals surface area contributed by atoms with Crippen molar-refractivity contribution in [2.75, 3.05) is 31.1 Å². The Kier molecular flexibility index (Phi) is 5.92. The molecule has 1 amide bonds. The summed E-state index contributed by atoms with van der Waals surface area (Å²) in [5.74, 6) is -0.0596. The Bertz CT molecular complexity index is 941. The predicted molar refractivity (Wildman–Crippen MR) is 112 cm³/mol. The first-order valence-corrected chi connectivity index (χ1v) is 10.2. The number of nitrogens with zero attached hydrogens (tertiary/aromatic N) is 5. The highest BCUT2D eigenvalue weighted by atomic mass is 32.1. The Morgan fingerprint density at radius 3 is 2.52 bits per heavy atom. The summed E-state index contributed by atoms with van der Waals surface area (Å²) in [6.07, 6.45) is 1.65. The van der Waals surface area contributed by atoms with Gasteiger partial charge in [-0.3, -0.25) is 14.4 Å². The van der Waals surface area contributed by atoms with Crippen molar-refractivity contribution in [3.8, 4) is 0 Å². The van der Waals surface area contributed by atoms with Gasteiger partial charge in [0.2, 0.25) is 0 Å². The first-order valence-electron chi connectivity index (χ1n) is 9.35. The molecule has 144 valence electrons. The minimum atomic E-state index is -0.0596. The molecule has 0 saturated heterocycles. The van der Waals surface area contributed by atoms with Crippen LogP contribution in [0.25, 0.3) is 10.2 Å². The molecule has 3 aromatic rings. The van der Waals surface area contributed by atoms with Gasteiger partial charge in [0, 0.05) is 26.3 Å². The van der Waals surface area contributed by atoms with Gasteiger partial charge in [-0.1, -0.05) is 31.3 Å². The zero-order valence-corrected chi connectivity index (χ0v) is 17.5. The standard InChI is InChI=1S/C20H27N5OS/c1-6-24(7-2)12-13-25(19(26)16-10-11-21-23(16)5)20-22-18-15(4)14(3)8-9-17(18)27-20/h8-11H,6-7,12-13H2,1-5H3. The minimum Gasteiger partial charge on any atom is -0.302 e. The van der Waals surface area contributed by atoms with Gasteiger partial charge in [0.25, 0.3) is 5.91 Å². The minimum absolute atomic E-state index is 0.0596. The largest absolute Gasteiger partial charge is 0.302 e. The number of anilines is 1. The highest BCUT2D eigenvalue weighted by Gasteiger charge is 2.24. The lowest BCUT2D eigenvalue weighted by molar-refractivity contribution is 0.0974. The monoisotopic (exact) mass is 385 g/mol. The van der Waals surface area contributed by atoms with Crippen molar-refractivity contribution >= 4 is 32.6 Å². The van der Waals surface area contributed by atoms with E-state index in [1.807, 2.05) is 0 Å². The van der Waals surface area contributed by atoms with Crippen LogP contribution in [-0.2, 0) is 7.05 Å². The number of thiazole rings is 1. The molecule has 0 aliphatic carbocycles. The molecule has 0 bridgehead atoms. The van der Waals surface area contributed by atoms with E-state index in [2.05, 4.69) is 49.8 Å². The Hall–Kier alpha value is -2.25. The van der Waals surface area contributed by atoms with Gasteiger partial charge in [-0.25, -0.2) is 4.98 Å². The smallest absolute Gasteiger partial charge is 0.278 e. The molecular formula is C20H27N5OS. The summed E-state index contributed by atoms with van der Waals surface area (Å²) in [7, 11) is 1.79. The third-order valence-corrected chi connectivity index (χ3v) is 6.17. The topological polar surface area (TPSA) is 54.3 Å². The number of aryl methyl sites for hydroxylation is 3. The van der Waals surface area contributed by atoms with E-state index in [4.69, 9.17) is 4.98 Å². The van der Waals surface area contributed by atoms with E-state index in [-0.39, 0.29) is 5.91 Å². The van der Waals surface area contributed by atoms with Crippen LogP contribution in [0.5, 0.6) is 0 Å². The van der Waals surface area contributed by atoms with Gasteiger partial charge in [0.1, 0.15) is 5.69 Å². The van der Waals surface area contributed by atoms with E-state index in [1.54, 1.807) is 40.2 Å². The van der Waals surface area contributed by atoms with Crippen molar-refractivity contribution in [3.63, 3.8) is 0 Å². The highest BCUT2D eigenvalue weighted by molar-refractivity contribution is 7.22. The lowest BCUT2D eigenvalue weighted by atomic mass is 10.1. The average Bonchev–Trinajstić information content (AvgIpc) is 3.28. The molecular weight excluding hydrogens is 358 g/mol. The average molecular weight is 386 g/mol. The molecule has 7 heteroatoms. The maximum atomic E-state index is 13.3. The first kappa shape index (κ1) is 19.5. The lowest BCUT2D eigenvalue weighted by Gasteiger charge is -2.24. The van der Waals surface area contributed by atoms with Crippen LogP contribution in [0.3, 0.4) is 0 Å². The molecule has 2 aromatic heterocycles. The highest BCUT2D eigenvalue weighted by Crippen LogP contribution is 2.32. The van der Waals surface area contributed by atoms with E-state index in [0.717, 1.165) is 35.0 Å². The second-order valence-electron chi connectivity index (χ2n) is 6.67. The molecule has 1 aromatic carbocycles. The molecule has 0 fully saturated rings. The van der Waals surface area contributed by atoms with Gasteiger partial charge in [-0.2, -0.15) is 5.10 Å². The predicted octanol–water partition coefficient (Wildman–Crippen LogP) is 3.64. The van der Waals surface area contributed by atoms with Gasteiger partial charge in [0.05, 0.1) is 10.2 Å². The van der Waals surface area contributed by atoms with E-state index in [0.29, 0.717) is 12.2 Å². The van der Waals surface area contributed by atoms with Crippen molar-refractivity contribution in [3.05, 3.63) is 41.2 Å². The number of rotatable bonds is 7. The molecule has 6 nitrogen and oxygen atoms in total. The molecule has 0 saturated carbocycles. The van der Waals surface area contributed by atoms with Crippen LogP contribution in [0.2, 0.25) is 0 Å². The zero-order valence-electron chi connectivity index (χ0n) is 16.7. The fourth-order valence-corrected chi connectivity index (χ4v) is 4.17. The van der Waals surface area contributed by atoms with Gasteiger partial charge >= 0.3 is 0 Å². The van der Waals surface area contributed by atoms with Crippen LogP contribution in [0, 0.1) is 13.8 Å². The van der Waals surface area contributed by atoms with Gasteiger partial charge in [-0.05, 0) is 50.2 Å². The number of carbonyl (C=O) groups is 1. The zero-order chi connectivity index (χ0) is 19.6. The number of carbonyl (C=O) groups excluding carboxylic acids is 1. The SMILES string of the molecule is CCN(CC)CCN(C(=O)c1ccnn1C)c1nc2c(C)c(C)ccc2s1. The lowest BCUT2D eigenvalue weighted by Crippen LogP contribution is -2.39. The molecule has 0 radical (unpaired) electrons. The number of amides is 1. The van der Waals surface area contributed by atoms with Crippen LogP contribution in [0.1, 0.15) is 35.5 Å². The summed E-state index contributed by atoms with van der Waals surface area (Å²) in [6, 6.07) is 5.97. The number of benzene rings is 1. The molecule has 3 rings (SSSR count). The Morgan fingerprint density at radius 1 is 1.15 bits per heavy atom. The molecule has 0 unspecified atom stereocenters. The van der Waals surface area contributed by atoms with Crippen molar-refractivity contribution in [1.82, 2.24) is 19.7 Å². The van der Waals surface area contributed by atoms with Crippen LogP contribution in [-0.4, -0.2) is 51.8 Å². The third kappa shape index (κ3) is 3.89. The van der Waals surface area contributed by atoms with Gasteiger partial charge < -0.3 is 4.90 Å². The molecule has 27 heavy (non-hydrogen) atoms. The van der Waals surface area contributed by atoms with E-state index in [9.17, 15) is 4.79 Å². The summed E-state index contributed by atoms with van der Waals surface area (Å²) in [5.41, 5.74) is 3.95. The summed E-state index contributed by atoms with van der Waals surface area (Å²) in [4.78, 5) is 22.2. The fourth-order valence-electron chi connectivity index (χ4n) is 3.12. The second-order valence-corrected chi connectivity index (χ2v) is 7.68. The van der Waals surface area contributed by atoms with Crippen LogP contribution < -0.4 is 4.90 Å². The van der Waals surface area contributed by atoms with E-state index in [1.165, 1.54) is 11.1 Å². The van der Waals surface area contributed by atoms with Gasteiger partial charge in [0.15, 0.2) is 5.13 Å². The molecule has 0 aliphatic heterocycles. The van der Waals surface area contributed by atoms with Crippen molar-refractivity contribution in [2.45, 2.75) is 27.7 Å². The fraction of sp³-hybridized carbons (Fsp3) is 0.450. The third-order valence-electron chi connectivity index (χ3n) is 5.12. The van der Waals surface area contributed by atoms with E-state index < -0.39 is 0 Å². The second kappa shape index (κ2) is 8.19. The quantitative estimate of drug-likeness (QED) is 0.623. The van der Waals surface area contributed by atoms with Crippen LogP contribution >= 0.6 is 11.3 Å². The van der Waals surface area contributed by atoms with Gasteiger partial charge in [-0.15, -0.1) is 0 Å². The first-order chi connectivity index (χ1) is 13.0.